The minimum absolute atomic E-state index is 0.0937. The van der Waals surface area contributed by atoms with Gasteiger partial charge in [0, 0.05) is 43.3 Å². The Hall–Kier alpha value is -2.55. The molecule has 1 amide bonds. The SMILES string of the molecule is Cc1cccc(CN2CCN(C(=O)CSc3nnc(-c4ccc(Cl)cc4)n3N)CC2)c1. The van der Waals surface area contributed by atoms with E-state index < -0.39 is 0 Å². The lowest BCUT2D eigenvalue weighted by atomic mass is 10.1. The van der Waals surface area contributed by atoms with Crippen molar-refractivity contribution < 1.29 is 4.79 Å². The summed E-state index contributed by atoms with van der Waals surface area (Å²) in [6.45, 7) is 6.24. The number of aryl methyl sites for hydroxylation is 1. The Kier molecular flexibility index (Phi) is 6.80. The van der Waals surface area contributed by atoms with Crippen LogP contribution in [0.2, 0.25) is 5.02 Å². The minimum atomic E-state index is 0.0937. The van der Waals surface area contributed by atoms with Crippen molar-refractivity contribution >= 4 is 29.3 Å². The topological polar surface area (TPSA) is 80.3 Å². The highest BCUT2D eigenvalue weighted by Gasteiger charge is 2.22. The van der Waals surface area contributed by atoms with E-state index in [-0.39, 0.29) is 11.7 Å². The number of nitrogens with two attached hydrogens (primary N) is 1. The van der Waals surface area contributed by atoms with E-state index in [1.165, 1.54) is 27.6 Å². The summed E-state index contributed by atoms with van der Waals surface area (Å²) in [5.41, 5.74) is 3.41. The van der Waals surface area contributed by atoms with Gasteiger partial charge in [-0.1, -0.05) is 53.2 Å². The second-order valence-corrected chi connectivity index (χ2v) is 9.00. The Morgan fingerprint density at radius 1 is 1.10 bits per heavy atom. The predicted molar refractivity (Wildman–Crippen MR) is 124 cm³/mol. The zero-order valence-electron chi connectivity index (χ0n) is 17.4. The van der Waals surface area contributed by atoms with Crippen molar-refractivity contribution in [2.24, 2.45) is 0 Å². The maximum Gasteiger partial charge on any atom is 0.233 e. The molecule has 1 aliphatic heterocycles. The normalized spacial score (nSPS) is 14.7. The number of carbonyl (C=O) groups is 1. The van der Waals surface area contributed by atoms with E-state index in [9.17, 15) is 4.79 Å². The Balaban J connectivity index is 1.27. The summed E-state index contributed by atoms with van der Waals surface area (Å²) in [7, 11) is 0. The van der Waals surface area contributed by atoms with Crippen molar-refractivity contribution in [3.63, 3.8) is 0 Å². The second-order valence-electron chi connectivity index (χ2n) is 7.62. The molecule has 2 aromatic carbocycles. The van der Waals surface area contributed by atoms with Crippen LogP contribution >= 0.6 is 23.4 Å². The van der Waals surface area contributed by atoms with Crippen LogP contribution in [0, 0.1) is 6.92 Å². The largest absolute Gasteiger partial charge is 0.339 e. The average molecular weight is 457 g/mol. The standard InChI is InChI=1S/C22H25ClN6OS/c1-16-3-2-4-17(13-16)14-27-9-11-28(12-10-27)20(30)15-31-22-26-25-21(29(22)24)18-5-7-19(23)8-6-18/h2-8,13H,9-12,14-15,24H2,1H3. The number of hydrogen-bond acceptors (Lipinski definition) is 6. The van der Waals surface area contributed by atoms with Crippen LogP contribution < -0.4 is 5.84 Å². The summed E-state index contributed by atoms with van der Waals surface area (Å²) in [6, 6.07) is 15.8. The highest BCUT2D eigenvalue weighted by atomic mass is 35.5. The second kappa shape index (κ2) is 9.72. The lowest BCUT2D eigenvalue weighted by Gasteiger charge is -2.34. The van der Waals surface area contributed by atoms with Crippen molar-refractivity contribution in [3.05, 3.63) is 64.7 Å². The number of piperazine rings is 1. The zero-order valence-corrected chi connectivity index (χ0v) is 18.9. The maximum atomic E-state index is 12.7. The number of nitrogens with zero attached hydrogens (tertiary/aromatic N) is 5. The highest BCUT2D eigenvalue weighted by molar-refractivity contribution is 7.99. The third-order valence-corrected chi connectivity index (χ3v) is 6.49. The third-order valence-electron chi connectivity index (χ3n) is 5.31. The maximum absolute atomic E-state index is 12.7. The van der Waals surface area contributed by atoms with Crippen LogP contribution in [0.3, 0.4) is 0 Å². The van der Waals surface area contributed by atoms with Gasteiger partial charge in [0.1, 0.15) is 0 Å². The lowest BCUT2D eigenvalue weighted by Crippen LogP contribution is -2.48. The number of nitrogen functional groups attached to an aromatic ring is 1. The molecule has 31 heavy (non-hydrogen) atoms. The van der Waals surface area contributed by atoms with Crippen molar-refractivity contribution in [1.82, 2.24) is 24.7 Å². The van der Waals surface area contributed by atoms with E-state index >= 15 is 0 Å². The molecule has 3 aromatic rings. The first-order valence-electron chi connectivity index (χ1n) is 10.1. The van der Waals surface area contributed by atoms with Gasteiger partial charge < -0.3 is 10.7 Å². The van der Waals surface area contributed by atoms with Gasteiger partial charge in [0.15, 0.2) is 5.82 Å². The molecule has 0 spiro atoms. The number of rotatable bonds is 6. The summed E-state index contributed by atoms with van der Waals surface area (Å²) in [6.07, 6.45) is 0. The third kappa shape index (κ3) is 5.39. The molecule has 2 N–H and O–H groups in total. The van der Waals surface area contributed by atoms with E-state index in [2.05, 4.69) is 46.3 Å². The van der Waals surface area contributed by atoms with Crippen molar-refractivity contribution in [2.75, 3.05) is 37.8 Å². The first-order chi connectivity index (χ1) is 15.0. The number of aromatic nitrogens is 3. The van der Waals surface area contributed by atoms with Crippen LogP contribution in [0.4, 0.5) is 0 Å². The lowest BCUT2D eigenvalue weighted by molar-refractivity contribution is -0.130. The number of thioether (sulfide) groups is 1. The van der Waals surface area contributed by atoms with E-state index in [1.807, 2.05) is 17.0 Å². The number of hydrogen-bond donors (Lipinski definition) is 1. The molecule has 0 bridgehead atoms. The summed E-state index contributed by atoms with van der Waals surface area (Å²) >= 11 is 7.24. The van der Waals surface area contributed by atoms with Crippen molar-refractivity contribution in [1.29, 1.82) is 0 Å². The number of benzene rings is 2. The van der Waals surface area contributed by atoms with E-state index in [0.717, 1.165) is 38.3 Å². The molecule has 162 valence electrons. The van der Waals surface area contributed by atoms with Gasteiger partial charge in [0.25, 0.3) is 0 Å². The van der Waals surface area contributed by atoms with Gasteiger partial charge in [-0.05, 0) is 36.8 Å². The molecule has 2 heterocycles. The van der Waals surface area contributed by atoms with E-state index in [0.29, 0.717) is 16.0 Å². The fourth-order valence-corrected chi connectivity index (χ4v) is 4.50. The number of halogens is 1. The van der Waals surface area contributed by atoms with Gasteiger partial charge in [-0.3, -0.25) is 9.69 Å². The molecule has 0 saturated carbocycles. The molecule has 1 aliphatic rings. The molecule has 4 rings (SSSR count). The Morgan fingerprint density at radius 2 is 1.84 bits per heavy atom. The molecular weight excluding hydrogens is 432 g/mol. The number of carbonyl (C=O) groups excluding carboxylic acids is 1. The summed E-state index contributed by atoms with van der Waals surface area (Å²) in [5.74, 6) is 7.06. The molecule has 0 radical (unpaired) electrons. The predicted octanol–water partition coefficient (Wildman–Crippen LogP) is 3.06. The first-order valence-corrected chi connectivity index (χ1v) is 11.5. The van der Waals surface area contributed by atoms with Gasteiger partial charge in [-0.2, -0.15) is 0 Å². The van der Waals surface area contributed by atoms with Gasteiger partial charge in [0.05, 0.1) is 5.75 Å². The molecule has 0 atom stereocenters. The molecular formula is C22H25ClN6OS. The van der Waals surface area contributed by atoms with E-state index in [4.69, 9.17) is 17.4 Å². The van der Waals surface area contributed by atoms with Crippen molar-refractivity contribution in [3.8, 4) is 11.4 Å². The van der Waals surface area contributed by atoms with E-state index in [1.54, 1.807) is 12.1 Å². The van der Waals surface area contributed by atoms with Crippen molar-refractivity contribution in [2.45, 2.75) is 18.6 Å². The van der Waals surface area contributed by atoms with Gasteiger partial charge in [-0.15, -0.1) is 10.2 Å². The zero-order chi connectivity index (χ0) is 21.8. The molecule has 7 nitrogen and oxygen atoms in total. The summed E-state index contributed by atoms with van der Waals surface area (Å²) < 4.78 is 1.42. The van der Waals surface area contributed by atoms with Gasteiger partial charge in [0.2, 0.25) is 11.1 Å². The number of amides is 1. The van der Waals surface area contributed by atoms with Crippen LogP contribution in [0.25, 0.3) is 11.4 Å². The Bertz CT molecular complexity index is 1050. The van der Waals surface area contributed by atoms with Crippen LogP contribution in [0.5, 0.6) is 0 Å². The monoisotopic (exact) mass is 456 g/mol. The van der Waals surface area contributed by atoms with Crippen LogP contribution in [0.15, 0.2) is 53.7 Å². The van der Waals surface area contributed by atoms with Crippen LogP contribution in [0.1, 0.15) is 11.1 Å². The Labute approximate surface area is 191 Å². The highest BCUT2D eigenvalue weighted by Crippen LogP contribution is 2.23. The first kappa shape index (κ1) is 21.7. The van der Waals surface area contributed by atoms with Crippen LogP contribution in [-0.4, -0.2) is 62.5 Å². The fraction of sp³-hybridized carbons (Fsp3) is 0.318. The Morgan fingerprint density at radius 3 is 2.55 bits per heavy atom. The molecule has 1 aromatic heterocycles. The quantitative estimate of drug-likeness (QED) is 0.453. The van der Waals surface area contributed by atoms with Crippen LogP contribution in [-0.2, 0) is 11.3 Å². The smallest absolute Gasteiger partial charge is 0.233 e. The molecule has 9 heteroatoms. The molecule has 1 fully saturated rings. The average Bonchev–Trinajstić information content (AvgIpc) is 3.13. The summed E-state index contributed by atoms with van der Waals surface area (Å²) in [4.78, 5) is 17.0. The molecule has 0 unspecified atom stereocenters. The summed E-state index contributed by atoms with van der Waals surface area (Å²) in [5, 5.41) is 9.45. The molecule has 0 aliphatic carbocycles. The fourth-order valence-electron chi connectivity index (χ4n) is 3.61. The van der Waals surface area contributed by atoms with Gasteiger partial charge >= 0.3 is 0 Å². The minimum Gasteiger partial charge on any atom is -0.339 e. The molecule has 1 saturated heterocycles. The van der Waals surface area contributed by atoms with Gasteiger partial charge in [-0.25, -0.2) is 4.68 Å².